The summed E-state index contributed by atoms with van der Waals surface area (Å²) in [6.45, 7) is 1.94. The lowest BCUT2D eigenvalue weighted by Gasteiger charge is -2.32. The summed E-state index contributed by atoms with van der Waals surface area (Å²) in [6.07, 6.45) is -2.22. The average molecular weight is 474 g/mol. The SMILES string of the molecule is CC1CCC(C(F)(F)Oc2ccc(-c3cc(F)c4c(F)c(F)c(F)cc4c3)c(F)c2F)CC1. The van der Waals surface area contributed by atoms with Gasteiger partial charge < -0.3 is 4.74 Å². The van der Waals surface area contributed by atoms with Crippen LogP contribution in [0.2, 0.25) is 0 Å². The van der Waals surface area contributed by atoms with Crippen LogP contribution in [-0.2, 0) is 0 Å². The first kappa shape index (κ1) is 23.3. The van der Waals surface area contributed by atoms with E-state index in [1.807, 2.05) is 6.92 Å². The largest absolute Gasteiger partial charge is 0.429 e. The van der Waals surface area contributed by atoms with E-state index in [0.717, 1.165) is 18.2 Å². The summed E-state index contributed by atoms with van der Waals surface area (Å²) in [5, 5.41) is -1.29. The number of hydrogen-bond donors (Lipinski definition) is 0. The number of hydrogen-bond acceptors (Lipinski definition) is 1. The molecule has 0 atom stereocenters. The minimum Gasteiger partial charge on any atom is -0.429 e. The van der Waals surface area contributed by atoms with E-state index in [0.29, 0.717) is 30.9 Å². The smallest absolute Gasteiger partial charge is 0.400 e. The molecule has 1 nitrogen and oxygen atoms in total. The van der Waals surface area contributed by atoms with E-state index in [2.05, 4.69) is 4.74 Å². The number of rotatable bonds is 4. The molecule has 3 aromatic rings. The van der Waals surface area contributed by atoms with Crippen molar-refractivity contribution in [1.29, 1.82) is 0 Å². The van der Waals surface area contributed by atoms with Crippen LogP contribution < -0.4 is 4.74 Å². The second-order valence-electron chi connectivity index (χ2n) is 8.40. The van der Waals surface area contributed by atoms with Gasteiger partial charge in [0.05, 0.1) is 11.3 Å². The lowest BCUT2D eigenvalue weighted by molar-refractivity contribution is -0.224. The van der Waals surface area contributed by atoms with Crippen LogP contribution in [0, 0.1) is 46.7 Å². The number of benzene rings is 3. The van der Waals surface area contributed by atoms with E-state index in [9.17, 15) is 35.1 Å². The first-order valence-electron chi connectivity index (χ1n) is 10.3. The molecule has 1 aliphatic rings. The van der Waals surface area contributed by atoms with Gasteiger partial charge in [-0.25, -0.2) is 22.0 Å². The quantitative estimate of drug-likeness (QED) is 0.274. The van der Waals surface area contributed by atoms with Gasteiger partial charge in [-0.05, 0) is 60.0 Å². The minimum absolute atomic E-state index is 0.181. The molecule has 0 aliphatic heterocycles. The van der Waals surface area contributed by atoms with Gasteiger partial charge in [-0.1, -0.05) is 19.8 Å². The molecule has 3 aromatic carbocycles. The zero-order valence-corrected chi connectivity index (χ0v) is 17.3. The average Bonchev–Trinajstić information content (AvgIpc) is 2.75. The third-order valence-electron chi connectivity index (χ3n) is 6.12. The summed E-state index contributed by atoms with van der Waals surface area (Å²) in [6, 6.07) is 3.72. The zero-order chi connectivity index (χ0) is 24.1. The van der Waals surface area contributed by atoms with Crippen LogP contribution in [-0.4, -0.2) is 6.11 Å². The summed E-state index contributed by atoms with van der Waals surface area (Å²) < 4.78 is 118. The van der Waals surface area contributed by atoms with Crippen molar-refractivity contribution >= 4 is 10.8 Å². The number of alkyl halides is 2. The third-order valence-corrected chi connectivity index (χ3v) is 6.12. The van der Waals surface area contributed by atoms with Crippen molar-refractivity contribution in [2.45, 2.75) is 38.7 Å². The highest BCUT2D eigenvalue weighted by Gasteiger charge is 2.44. The van der Waals surface area contributed by atoms with Gasteiger partial charge in [-0.2, -0.15) is 13.2 Å². The van der Waals surface area contributed by atoms with Gasteiger partial charge in [0, 0.05) is 5.56 Å². The molecular weight excluding hydrogens is 456 g/mol. The first-order valence-corrected chi connectivity index (χ1v) is 10.3. The lowest BCUT2D eigenvalue weighted by atomic mass is 9.82. The van der Waals surface area contributed by atoms with E-state index in [4.69, 9.17) is 0 Å². The Balaban J connectivity index is 1.69. The number of ether oxygens (including phenoxy) is 1. The first-order chi connectivity index (χ1) is 15.5. The number of halogens is 8. The Morgan fingerprint density at radius 1 is 0.758 bits per heavy atom. The molecule has 9 heteroatoms. The fourth-order valence-electron chi connectivity index (χ4n) is 4.20. The Morgan fingerprint density at radius 2 is 1.42 bits per heavy atom. The summed E-state index contributed by atoms with van der Waals surface area (Å²) in [7, 11) is 0. The molecule has 4 rings (SSSR count). The van der Waals surface area contributed by atoms with Gasteiger partial charge in [0.25, 0.3) is 0 Å². The predicted molar refractivity (Wildman–Crippen MR) is 106 cm³/mol. The van der Waals surface area contributed by atoms with Crippen molar-refractivity contribution in [2.24, 2.45) is 11.8 Å². The van der Waals surface area contributed by atoms with Crippen molar-refractivity contribution < 1.29 is 39.9 Å². The lowest BCUT2D eigenvalue weighted by Crippen LogP contribution is -2.37. The highest BCUT2D eigenvalue weighted by molar-refractivity contribution is 5.88. The molecule has 0 aromatic heterocycles. The maximum absolute atomic E-state index is 14.7. The van der Waals surface area contributed by atoms with E-state index in [1.165, 1.54) is 0 Å². The Kier molecular flexibility index (Phi) is 6.01. The second-order valence-corrected chi connectivity index (χ2v) is 8.40. The van der Waals surface area contributed by atoms with Gasteiger partial charge in [0.2, 0.25) is 5.82 Å². The van der Waals surface area contributed by atoms with Crippen molar-refractivity contribution in [2.75, 3.05) is 0 Å². The fourth-order valence-corrected chi connectivity index (χ4v) is 4.20. The van der Waals surface area contributed by atoms with Gasteiger partial charge in [-0.3, -0.25) is 0 Å². The van der Waals surface area contributed by atoms with Gasteiger partial charge in [0.15, 0.2) is 29.0 Å². The van der Waals surface area contributed by atoms with Crippen LogP contribution in [0.1, 0.15) is 32.6 Å². The van der Waals surface area contributed by atoms with E-state index in [1.54, 1.807) is 0 Å². The summed E-state index contributed by atoms with van der Waals surface area (Å²) in [4.78, 5) is 0. The molecule has 0 amide bonds. The van der Waals surface area contributed by atoms with Crippen LogP contribution >= 0.6 is 0 Å². The standard InChI is InChI=1S/C24H18F8O/c1-11-2-4-14(5-3-11)24(31,32)33-18-7-6-15(20(27)22(18)29)12-8-13-10-17(26)21(28)23(30)19(13)16(25)9-12/h6-11,14H,2-5H2,1H3. The van der Waals surface area contributed by atoms with Crippen LogP contribution in [0.4, 0.5) is 35.1 Å². The maximum atomic E-state index is 14.7. The van der Waals surface area contributed by atoms with Gasteiger partial charge >= 0.3 is 6.11 Å². The van der Waals surface area contributed by atoms with Crippen molar-refractivity contribution in [3.8, 4) is 16.9 Å². The van der Waals surface area contributed by atoms with Gasteiger partial charge in [-0.15, -0.1) is 0 Å². The second kappa shape index (κ2) is 8.50. The van der Waals surface area contributed by atoms with Crippen LogP contribution in [0.3, 0.4) is 0 Å². The monoisotopic (exact) mass is 474 g/mol. The highest BCUT2D eigenvalue weighted by Crippen LogP contribution is 2.41. The molecule has 176 valence electrons. The molecule has 0 N–H and O–H groups in total. The van der Waals surface area contributed by atoms with E-state index < -0.39 is 69.0 Å². The van der Waals surface area contributed by atoms with Crippen molar-refractivity contribution in [3.63, 3.8) is 0 Å². The Hall–Kier alpha value is -2.84. The van der Waals surface area contributed by atoms with Crippen LogP contribution in [0.15, 0.2) is 30.3 Å². The third kappa shape index (κ3) is 4.25. The fraction of sp³-hybridized carbons (Fsp3) is 0.333. The number of fused-ring (bicyclic) bond motifs is 1. The van der Waals surface area contributed by atoms with Crippen molar-refractivity contribution in [3.05, 3.63) is 65.2 Å². The summed E-state index contributed by atoms with van der Waals surface area (Å²) >= 11 is 0. The summed E-state index contributed by atoms with van der Waals surface area (Å²) in [5.41, 5.74) is -0.887. The molecule has 1 aliphatic carbocycles. The Bertz CT molecular complexity index is 1220. The van der Waals surface area contributed by atoms with Crippen molar-refractivity contribution in [1.82, 2.24) is 0 Å². The van der Waals surface area contributed by atoms with Crippen LogP contribution in [0.5, 0.6) is 5.75 Å². The van der Waals surface area contributed by atoms with Crippen LogP contribution in [0.25, 0.3) is 21.9 Å². The van der Waals surface area contributed by atoms with E-state index in [-0.39, 0.29) is 18.4 Å². The molecule has 0 radical (unpaired) electrons. The molecule has 0 bridgehead atoms. The Morgan fingerprint density at radius 3 is 2.09 bits per heavy atom. The Labute approximate surface area is 184 Å². The maximum Gasteiger partial charge on any atom is 0.400 e. The molecule has 0 unspecified atom stereocenters. The minimum atomic E-state index is -3.72. The summed E-state index contributed by atoms with van der Waals surface area (Å²) in [5.74, 6) is -11.7. The molecule has 33 heavy (non-hydrogen) atoms. The molecule has 0 spiro atoms. The van der Waals surface area contributed by atoms with E-state index >= 15 is 0 Å². The predicted octanol–water partition coefficient (Wildman–Crippen LogP) is 8.14. The molecule has 0 saturated heterocycles. The molecule has 1 fully saturated rings. The normalized spacial score (nSPS) is 19.2. The highest BCUT2D eigenvalue weighted by atomic mass is 19.3. The molecule has 1 saturated carbocycles. The molecular formula is C24H18F8O. The topological polar surface area (TPSA) is 9.23 Å². The molecule has 0 heterocycles. The van der Waals surface area contributed by atoms with Gasteiger partial charge in [0.1, 0.15) is 5.82 Å². The zero-order valence-electron chi connectivity index (χ0n) is 17.3.